The highest BCUT2D eigenvalue weighted by Crippen LogP contribution is 2.27. The van der Waals surface area contributed by atoms with E-state index in [-0.39, 0.29) is 24.8 Å². The first-order valence-electron chi connectivity index (χ1n) is 6.34. The molecule has 2 rings (SSSR count). The third-order valence-electron chi connectivity index (χ3n) is 2.67. The molecule has 3 nitrogen and oxygen atoms in total. The van der Waals surface area contributed by atoms with Crippen molar-refractivity contribution in [2.75, 3.05) is 11.6 Å². The fourth-order valence-corrected chi connectivity index (χ4v) is 3.71. The van der Waals surface area contributed by atoms with E-state index in [2.05, 4.69) is 27.9 Å². The summed E-state index contributed by atoms with van der Waals surface area (Å²) in [6.45, 7) is 2.12. The number of nitrogens with zero attached hydrogens (tertiary/aromatic N) is 3. The highest BCUT2D eigenvalue weighted by molar-refractivity contribution is 7.99. The summed E-state index contributed by atoms with van der Waals surface area (Å²) in [6.07, 6.45) is 6.41. The monoisotopic (exact) mass is 397 g/mol. The summed E-state index contributed by atoms with van der Waals surface area (Å²) in [5.41, 5.74) is 2.34. The number of aromatic nitrogens is 3. The SMILES string of the molecule is Cc1c(SCCCCl)ccnc1CSc1ncccn1.Cl.Cl. The molecule has 0 aliphatic heterocycles. The molecule has 0 aliphatic carbocycles. The minimum atomic E-state index is 0. The summed E-state index contributed by atoms with van der Waals surface area (Å²) in [5, 5.41) is 0.786. The van der Waals surface area contributed by atoms with Gasteiger partial charge in [0, 0.05) is 35.1 Å². The summed E-state index contributed by atoms with van der Waals surface area (Å²) in [5.74, 6) is 2.55. The average Bonchev–Trinajstić information content (AvgIpc) is 2.49. The molecule has 122 valence electrons. The zero-order valence-electron chi connectivity index (χ0n) is 12.1. The van der Waals surface area contributed by atoms with Gasteiger partial charge in [-0.1, -0.05) is 11.8 Å². The molecule has 22 heavy (non-hydrogen) atoms. The summed E-state index contributed by atoms with van der Waals surface area (Å²) >= 11 is 9.17. The van der Waals surface area contributed by atoms with Crippen LogP contribution in [-0.2, 0) is 5.75 Å². The molecule has 8 heteroatoms. The van der Waals surface area contributed by atoms with Gasteiger partial charge in [-0.15, -0.1) is 48.2 Å². The molecule has 0 saturated heterocycles. The van der Waals surface area contributed by atoms with Gasteiger partial charge in [0.05, 0.1) is 5.69 Å². The predicted octanol–water partition coefficient (Wildman–Crippen LogP) is 5.04. The Bertz CT molecular complexity index is 544. The lowest BCUT2D eigenvalue weighted by Gasteiger charge is -2.09. The van der Waals surface area contributed by atoms with E-state index in [1.165, 1.54) is 10.5 Å². The molecule has 0 aromatic carbocycles. The van der Waals surface area contributed by atoms with Crippen molar-refractivity contribution >= 4 is 59.9 Å². The number of halogens is 3. The smallest absolute Gasteiger partial charge is 0.187 e. The first kappa shape index (κ1) is 21.8. The van der Waals surface area contributed by atoms with E-state index in [4.69, 9.17) is 11.6 Å². The minimum absolute atomic E-state index is 0. The van der Waals surface area contributed by atoms with Crippen molar-refractivity contribution < 1.29 is 0 Å². The highest BCUT2D eigenvalue weighted by atomic mass is 35.5. The van der Waals surface area contributed by atoms with Crippen LogP contribution in [0.5, 0.6) is 0 Å². The Morgan fingerprint density at radius 1 is 1.05 bits per heavy atom. The molecule has 0 bridgehead atoms. The maximum Gasteiger partial charge on any atom is 0.187 e. The third-order valence-corrected chi connectivity index (χ3v) is 5.07. The van der Waals surface area contributed by atoms with E-state index in [1.54, 1.807) is 24.2 Å². The lowest BCUT2D eigenvalue weighted by atomic mass is 10.2. The summed E-state index contributed by atoms with van der Waals surface area (Å²) < 4.78 is 0. The number of thioether (sulfide) groups is 2. The normalized spacial score (nSPS) is 9.73. The largest absolute Gasteiger partial charge is 0.260 e. The van der Waals surface area contributed by atoms with Gasteiger partial charge in [-0.2, -0.15) is 0 Å². The Labute approximate surface area is 157 Å². The lowest BCUT2D eigenvalue weighted by molar-refractivity contribution is 0.962. The van der Waals surface area contributed by atoms with Crippen molar-refractivity contribution in [1.29, 1.82) is 0 Å². The maximum atomic E-state index is 5.71. The van der Waals surface area contributed by atoms with E-state index in [0.29, 0.717) is 5.88 Å². The topological polar surface area (TPSA) is 38.7 Å². The Kier molecular flexibility index (Phi) is 12.1. The fourth-order valence-electron chi connectivity index (χ4n) is 1.59. The van der Waals surface area contributed by atoms with E-state index < -0.39 is 0 Å². The average molecular weight is 399 g/mol. The zero-order chi connectivity index (χ0) is 14.2. The Balaban J connectivity index is 0.00000220. The summed E-state index contributed by atoms with van der Waals surface area (Å²) in [7, 11) is 0. The third kappa shape index (κ3) is 6.92. The molecule has 2 aromatic heterocycles. The van der Waals surface area contributed by atoms with E-state index in [1.807, 2.05) is 24.0 Å². The molecule has 0 N–H and O–H groups in total. The van der Waals surface area contributed by atoms with Gasteiger partial charge >= 0.3 is 0 Å². The highest BCUT2D eigenvalue weighted by Gasteiger charge is 2.07. The first-order valence-corrected chi connectivity index (χ1v) is 8.85. The van der Waals surface area contributed by atoms with Crippen molar-refractivity contribution in [3.05, 3.63) is 42.0 Å². The molecule has 0 saturated carbocycles. The summed E-state index contributed by atoms with van der Waals surface area (Å²) in [6, 6.07) is 3.89. The minimum Gasteiger partial charge on any atom is -0.260 e. The van der Waals surface area contributed by atoms with Crippen LogP contribution in [0.2, 0.25) is 0 Å². The second-order valence-corrected chi connectivity index (χ2v) is 6.55. The van der Waals surface area contributed by atoms with Crippen LogP contribution < -0.4 is 0 Å². The van der Waals surface area contributed by atoms with Crippen molar-refractivity contribution in [1.82, 2.24) is 15.0 Å². The van der Waals surface area contributed by atoms with Crippen LogP contribution in [0.25, 0.3) is 0 Å². The molecule has 0 aliphatic rings. The standard InChI is InChI=1S/C14H16ClN3S2.2ClH/c1-11-12(10-20-14-17-6-3-7-18-14)16-8-4-13(11)19-9-2-5-15;;/h3-4,6-8H,2,5,9-10H2,1H3;2*1H. The number of pyridine rings is 1. The van der Waals surface area contributed by atoms with Gasteiger partial charge in [0.25, 0.3) is 0 Å². The molecular weight excluding hydrogens is 381 g/mol. The molecule has 0 atom stereocenters. The molecule has 2 aromatic rings. The Morgan fingerprint density at radius 2 is 1.77 bits per heavy atom. The van der Waals surface area contributed by atoms with Gasteiger partial charge in [0.2, 0.25) is 0 Å². The Hall–Kier alpha value is -0.200. The molecule has 0 fully saturated rings. The first-order chi connectivity index (χ1) is 9.81. The number of hydrogen-bond donors (Lipinski definition) is 0. The van der Waals surface area contributed by atoms with E-state index in [0.717, 1.165) is 28.8 Å². The molecule has 0 radical (unpaired) electrons. The molecule has 0 unspecified atom stereocenters. The molecule has 2 heterocycles. The number of alkyl halides is 1. The maximum absolute atomic E-state index is 5.71. The van der Waals surface area contributed by atoms with Gasteiger partial charge in [-0.3, -0.25) is 4.98 Å². The van der Waals surface area contributed by atoms with Crippen molar-refractivity contribution in [3.63, 3.8) is 0 Å². The van der Waals surface area contributed by atoms with Crippen molar-refractivity contribution in [3.8, 4) is 0 Å². The summed E-state index contributed by atoms with van der Waals surface area (Å²) in [4.78, 5) is 14.2. The van der Waals surface area contributed by atoms with Gasteiger partial charge < -0.3 is 0 Å². The second-order valence-electron chi connectivity index (χ2n) is 4.09. The second kappa shape index (κ2) is 12.3. The Morgan fingerprint density at radius 3 is 2.45 bits per heavy atom. The van der Waals surface area contributed by atoms with Crippen LogP contribution in [0.3, 0.4) is 0 Å². The van der Waals surface area contributed by atoms with Gasteiger partial charge in [0.15, 0.2) is 5.16 Å². The van der Waals surface area contributed by atoms with E-state index >= 15 is 0 Å². The zero-order valence-corrected chi connectivity index (χ0v) is 16.1. The quantitative estimate of drug-likeness (QED) is 0.283. The van der Waals surface area contributed by atoms with Crippen molar-refractivity contribution in [2.45, 2.75) is 29.1 Å². The van der Waals surface area contributed by atoms with Crippen LogP contribution in [0, 0.1) is 6.92 Å². The number of hydrogen-bond acceptors (Lipinski definition) is 5. The lowest BCUT2D eigenvalue weighted by Crippen LogP contribution is -1.95. The van der Waals surface area contributed by atoms with E-state index in [9.17, 15) is 0 Å². The molecular formula is C14H18Cl3N3S2. The molecule has 0 spiro atoms. The van der Waals surface area contributed by atoms with Crippen LogP contribution in [0.15, 0.2) is 40.8 Å². The van der Waals surface area contributed by atoms with Crippen LogP contribution in [0.4, 0.5) is 0 Å². The van der Waals surface area contributed by atoms with Crippen molar-refractivity contribution in [2.24, 2.45) is 0 Å². The van der Waals surface area contributed by atoms with Gasteiger partial charge in [-0.05, 0) is 36.8 Å². The van der Waals surface area contributed by atoms with Crippen LogP contribution in [0.1, 0.15) is 17.7 Å². The molecule has 0 amide bonds. The fraction of sp³-hybridized carbons (Fsp3) is 0.357. The predicted molar refractivity (Wildman–Crippen MR) is 101 cm³/mol. The van der Waals surface area contributed by atoms with Crippen LogP contribution in [-0.4, -0.2) is 26.6 Å². The number of rotatable bonds is 7. The van der Waals surface area contributed by atoms with Gasteiger partial charge in [-0.25, -0.2) is 9.97 Å². The van der Waals surface area contributed by atoms with Crippen LogP contribution >= 0.6 is 59.9 Å². The van der Waals surface area contributed by atoms with Gasteiger partial charge in [0.1, 0.15) is 0 Å².